The third-order valence-corrected chi connectivity index (χ3v) is 5.81. The molecule has 0 saturated carbocycles. The number of nitrogens with zero attached hydrogens (tertiary/aromatic N) is 1. The third kappa shape index (κ3) is 4.39. The summed E-state index contributed by atoms with van der Waals surface area (Å²) in [7, 11) is 3.17. The number of nitrogens with one attached hydrogen (secondary N) is 1. The van der Waals surface area contributed by atoms with E-state index >= 15 is 0 Å². The van der Waals surface area contributed by atoms with E-state index in [1.807, 2.05) is 24.3 Å². The molecule has 4 rings (SSSR count). The van der Waals surface area contributed by atoms with Gasteiger partial charge < -0.3 is 14.8 Å². The summed E-state index contributed by atoms with van der Waals surface area (Å²) in [6, 6.07) is 21.8. The van der Waals surface area contributed by atoms with E-state index in [1.165, 1.54) is 4.90 Å². The van der Waals surface area contributed by atoms with Gasteiger partial charge in [0.25, 0.3) is 11.8 Å². The van der Waals surface area contributed by atoms with E-state index in [-0.39, 0.29) is 17.0 Å². The third-order valence-electron chi connectivity index (χ3n) is 5.81. The molecule has 0 spiro atoms. The van der Waals surface area contributed by atoms with Gasteiger partial charge >= 0.3 is 0 Å². The van der Waals surface area contributed by atoms with Crippen LogP contribution in [0.25, 0.3) is 5.57 Å². The highest BCUT2D eigenvalue weighted by molar-refractivity contribution is 6.46. The van der Waals surface area contributed by atoms with E-state index in [1.54, 1.807) is 62.8 Å². The minimum absolute atomic E-state index is 0.0366. The largest absolute Gasteiger partial charge is 0.497 e. The van der Waals surface area contributed by atoms with Crippen LogP contribution in [0.2, 0.25) is 0 Å². The highest BCUT2D eigenvalue weighted by Gasteiger charge is 2.40. The first kappa shape index (κ1) is 23.1. The lowest BCUT2D eigenvalue weighted by Gasteiger charge is -2.21. The molecule has 1 aliphatic rings. The van der Waals surface area contributed by atoms with Gasteiger partial charge in [-0.2, -0.15) is 0 Å². The van der Waals surface area contributed by atoms with Gasteiger partial charge in [0, 0.05) is 5.69 Å². The molecule has 6 nitrogen and oxygen atoms in total. The molecule has 174 valence electrons. The van der Waals surface area contributed by atoms with Crippen molar-refractivity contribution < 1.29 is 19.1 Å². The Morgan fingerprint density at radius 2 is 1.24 bits per heavy atom. The summed E-state index contributed by atoms with van der Waals surface area (Å²) in [4.78, 5) is 28.4. The lowest BCUT2D eigenvalue weighted by molar-refractivity contribution is -0.120. The molecular formula is C28H28N2O4. The summed E-state index contributed by atoms with van der Waals surface area (Å²) in [5.41, 5.74) is 3.45. The van der Waals surface area contributed by atoms with Crippen LogP contribution in [0.3, 0.4) is 0 Å². The van der Waals surface area contributed by atoms with E-state index in [0.717, 1.165) is 5.56 Å². The van der Waals surface area contributed by atoms with E-state index in [2.05, 4.69) is 26.1 Å². The molecule has 3 aromatic rings. The van der Waals surface area contributed by atoms with Crippen molar-refractivity contribution in [1.29, 1.82) is 0 Å². The highest BCUT2D eigenvalue weighted by Crippen LogP contribution is 2.35. The summed E-state index contributed by atoms with van der Waals surface area (Å²) in [5, 5.41) is 3.17. The van der Waals surface area contributed by atoms with Gasteiger partial charge in [0.1, 0.15) is 17.2 Å². The molecule has 3 aromatic carbocycles. The Morgan fingerprint density at radius 3 is 1.74 bits per heavy atom. The SMILES string of the molecule is COc1ccc(NC2=C(c3ccc(OC)cc3)C(=O)N(c3ccc(C(C)(C)C)cc3)C2=O)cc1. The first-order valence-corrected chi connectivity index (χ1v) is 11.0. The molecule has 1 aliphatic heterocycles. The van der Waals surface area contributed by atoms with E-state index in [9.17, 15) is 9.59 Å². The maximum absolute atomic E-state index is 13.6. The number of imide groups is 1. The van der Waals surface area contributed by atoms with Gasteiger partial charge in [0.05, 0.1) is 25.5 Å². The molecule has 0 aromatic heterocycles. The fourth-order valence-electron chi connectivity index (χ4n) is 3.83. The zero-order chi connectivity index (χ0) is 24.5. The number of carbonyl (C=O) groups excluding carboxylic acids is 2. The van der Waals surface area contributed by atoms with E-state index < -0.39 is 5.91 Å². The van der Waals surface area contributed by atoms with Gasteiger partial charge in [0.2, 0.25) is 0 Å². The average molecular weight is 457 g/mol. The van der Waals surface area contributed by atoms with Crippen molar-refractivity contribution in [2.75, 3.05) is 24.4 Å². The molecule has 0 bridgehead atoms. The summed E-state index contributed by atoms with van der Waals surface area (Å²) in [6.45, 7) is 6.36. The van der Waals surface area contributed by atoms with Crippen LogP contribution in [0.4, 0.5) is 11.4 Å². The molecule has 0 radical (unpaired) electrons. The number of carbonyl (C=O) groups is 2. The molecule has 0 saturated heterocycles. The average Bonchev–Trinajstić information content (AvgIpc) is 3.08. The Hall–Kier alpha value is -4.06. The van der Waals surface area contributed by atoms with E-state index in [4.69, 9.17) is 9.47 Å². The van der Waals surface area contributed by atoms with Crippen LogP contribution >= 0.6 is 0 Å². The quantitative estimate of drug-likeness (QED) is 0.503. The van der Waals surface area contributed by atoms with Crippen molar-refractivity contribution in [1.82, 2.24) is 0 Å². The van der Waals surface area contributed by atoms with Gasteiger partial charge in [-0.3, -0.25) is 9.59 Å². The maximum atomic E-state index is 13.6. The molecule has 1 heterocycles. The lowest BCUT2D eigenvalue weighted by atomic mass is 9.87. The lowest BCUT2D eigenvalue weighted by Crippen LogP contribution is -2.32. The van der Waals surface area contributed by atoms with Crippen LogP contribution in [0.5, 0.6) is 11.5 Å². The molecule has 34 heavy (non-hydrogen) atoms. The number of methoxy groups -OCH3 is 2. The van der Waals surface area contributed by atoms with Crippen molar-refractivity contribution in [2.24, 2.45) is 0 Å². The zero-order valence-electron chi connectivity index (χ0n) is 20.0. The topological polar surface area (TPSA) is 67.9 Å². The molecule has 0 aliphatic carbocycles. The monoisotopic (exact) mass is 456 g/mol. The van der Waals surface area contributed by atoms with Crippen molar-refractivity contribution in [2.45, 2.75) is 26.2 Å². The van der Waals surface area contributed by atoms with Crippen LogP contribution < -0.4 is 19.7 Å². The highest BCUT2D eigenvalue weighted by atomic mass is 16.5. The van der Waals surface area contributed by atoms with E-state index in [0.29, 0.717) is 34.0 Å². The number of benzene rings is 3. The first-order valence-electron chi connectivity index (χ1n) is 11.0. The molecule has 6 heteroatoms. The van der Waals surface area contributed by atoms with Gasteiger partial charge in [-0.15, -0.1) is 0 Å². The first-order chi connectivity index (χ1) is 16.2. The summed E-state index contributed by atoms with van der Waals surface area (Å²) in [6.07, 6.45) is 0. The van der Waals surface area contributed by atoms with Gasteiger partial charge in [0.15, 0.2) is 0 Å². The standard InChI is InChI=1S/C28H28N2O4/c1-28(2,3)19-8-12-21(13-9-19)30-26(31)24(18-6-14-22(33-4)15-7-18)25(27(30)32)29-20-10-16-23(34-5)17-11-20/h6-17,29H,1-5H3. The smallest absolute Gasteiger partial charge is 0.282 e. The van der Waals surface area contributed by atoms with Gasteiger partial charge in [-0.1, -0.05) is 45.0 Å². The second-order valence-electron chi connectivity index (χ2n) is 9.07. The fourth-order valence-corrected chi connectivity index (χ4v) is 3.83. The molecule has 0 unspecified atom stereocenters. The van der Waals surface area contributed by atoms with Crippen molar-refractivity contribution in [3.8, 4) is 11.5 Å². The summed E-state index contributed by atoms with van der Waals surface area (Å²) < 4.78 is 10.5. The molecule has 0 atom stereocenters. The second kappa shape index (κ2) is 9.06. The summed E-state index contributed by atoms with van der Waals surface area (Å²) >= 11 is 0. The minimum atomic E-state index is -0.407. The normalized spacial score (nSPS) is 14.0. The number of hydrogen-bond donors (Lipinski definition) is 1. The Balaban J connectivity index is 1.75. The fraction of sp³-hybridized carbons (Fsp3) is 0.214. The Labute approximate surface area is 199 Å². The summed E-state index contributed by atoms with van der Waals surface area (Å²) in [5.74, 6) is 0.578. The predicted molar refractivity (Wildman–Crippen MR) is 134 cm³/mol. The zero-order valence-corrected chi connectivity index (χ0v) is 20.0. The Bertz CT molecular complexity index is 1240. The molecule has 1 N–H and O–H groups in total. The van der Waals surface area contributed by atoms with Gasteiger partial charge in [-0.25, -0.2) is 4.90 Å². The van der Waals surface area contributed by atoms with Crippen LogP contribution in [-0.4, -0.2) is 26.0 Å². The number of ether oxygens (including phenoxy) is 2. The van der Waals surface area contributed by atoms with Crippen molar-refractivity contribution >= 4 is 28.8 Å². The molecule has 0 fully saturated rings. The molecule has 2 amide bonds. The predicted octanol–water partition coefficient (Wildman–Crippen LogP) is 5.40. The minimum Gasteiger partial charge on any atom is -0.497 e. The van der Waals surface area contributed by atoms with Crippen LogP contribution in [0.1, 0.15) is 31.9 Å². The number of rotatable bonds is 6. The van der Waals surface area contributed by atoms with Crippen molar-refractivity contribution in [3.63, 3.8) is 0 Å². The van der Waals surface area contributed by atoms with Crippen LogP contribution in [0.15, 0.2) is 78.5 Å². The Morgan fingerprint density at radius 1 is 0.706 bits per heavy atom. The maximum Gasteiger partial charge on any atom is 0.282 e. The second-order valence-corrected chi connectivity index (χ2v) is 9.07. The van der Waals surface area contributed by atoms with Crippen LogP contribution in [-0.2, 0) is 15.0 Å². The van der Waals surface area contributed by atoms with Crippen molar-refractivity contribution in [3.05, 3.63) is 89.6 Å². The number of anilines is 2. The van der Waals surface area contributed by atoms with Crippen LogP contribution in [0, 0.1) is 0 Å². The van der Waals surface area contributed by atoms with Gasteiger partial charge in [-0.05, 0) is 65.1 Å². The Kier molecular flexibility index (Phi) is 6.16. The number of amides is 2. The number of hydrogen-bond acceptors (Lipinski definition) is 5. The molecular weight excluding hydrogens is 428 g/mol.